The number of esters is 2. The fraction of sp³-hybridized carbons (Fsp3) is 0.138. The Kier molecular flexibility index (Phi) is 17.7. The average molecular weight is 753 g/mol. The number of carbonyl (C=O) groups is 3. The molecule has 0 aliphatic carbocycles. The molecule has 0 saturated heterocycles. The third-order valence-corrected chi connectivity index (χ3v) is 7.88. The molecule has 246 valence electrons. The normalized spacial score (nSPS) is 13.8. The molecule has 1 aromatic heterocycles. The van der Waals surface area contributed by atoms with E-state index in [2.05, 4.69) is 10.2 Å². The Hall–Kier alpha value is -2.43. The average Bonchev–Trinajstić information content (AvgIpc) is 3.52. The maximum Gasteiger partial charge on any atom is 1.00 e. The van der Waals surface area contributed by atoms with Gasteiger partial charge in [-0.3, -0.25) is 4.79 Å². The number of hydrogen-bond donors (Lipinski definition) is 0. The number of anilines is 1. The molecule has 0 spiro atoms. The van der Waals surface area contributed by atoms with Crippen molar-refractivity contribution < 1.29 is 144 Å². The van der Waals surface area contributed by atoms with Gasteiger partial charge in [-0.1, -0.05) is 24.3 Å². The van der Waals surface area contributed by atoms with E-state index in [0.717, 1.165) is 34.0 Å². The van der Waals surface area contributed by atoms with Gasteiger partial charge in [-0.25, -0.2) is 31.1 Å². The minimum absolute atomic E-state index is 0. The molecule has 2 aromatic carbocycles. The van der Waals surface area contributed by atoms with Crippen molar-refractivity contribution in [1.82, 2.24) is 9.78 Å². The van der Waals surface area contributed by atoms with Crippen molar-refractivity contribution in [3.63, 3.8) is 0 Å². The van der Waals surface area contributed by atoms with Crippen LogP contribution in [0.2, 0.25) is 0 Å². The van der Waals surface area contributed by atoms with Crippen LogP contribution in [0.3, 0.4) is 0 Å². The summed E-state index contributed by atoms with van der Waals surface area (Å²) in [5.41, 5.74) is -0.966. The van der Waals surface area contributed by atoms with Gasteiger partial charge in [0, 0.05) is 5.56 Å². The van der Waals surface area contributed by atoms with Crippen molar-refractivity contribution in [2.24, 2.45) is 5.10 Å². The zero-order chi connectivity index (χ0) is 34.5. The van der Waals surface area contributed by atoms with E-state index in [1.54, 1.807) is 13.8 Å². The third-order valence-electron chi connectivity index (χ3n) is 6.18. The molecule has 50 heavy (non-hydrogen) atoms. The van der Waals surface area contributed by atoms with Crippen LogP contribution in [0.1, 0.15) is 29.9 Å². The van der Waals surface area contributed by atoms with Crippen LogP contribution < -0.4 is 98.8 Å². The van der Waals surface area contributed by atoms with E-state index in [9.17, 15) is 45.4 Å². The number of hydrazone groups is 1. The second kappa shape index (κ2) is 19.4. The Bertz CT molecular complexity index is 2080. The predicted molar refractivity (Wildman–Crippen MR) is 159 cm³/mol. The molecule has 0 atom stereocenters. The number of allylic oxidation sites excluding steroid dienone is 4. The number of nitrogens with zero attached hydrogens (tertiary/aromatic N) is 4. The molecule has 2 heterocycles. The summed E-state index contributed by atoms with van der Waals surface area (Å²) in [5.74, 6) is -3.38. The number of hydrogen-bond acceptors (Lipinski definition) is 14. The quantitative estimate of drug-likeness (QED) is 0.0582. The number of benzene rings is 2. The Labute approximate surface area is 353 Å². The monoisotopic (exact) mass is 752 g/mol. The molecule has 16 nitrogen and oxygen atoms in total. The molecule has 0 unspecified atom stereocenters. The topological polar surface area (TPSA) is 241 Å². The van der Waals surface area contributed by atoms with Crippen molar-refractivity contribution in [2.75, 3.05) is 18.2 Å². The Morgan fingerprint density at radius 3 is 1.78 bits per heavy atom. The van der Waals surface area contributed by atoms with E-state index >= 15 is 0 Å². The van der Waals surface area contributed by atoms with Crippen molar-refractivity contribution in [3.05, 3.63) is 89.7 Å². The molecule has 1 aliphatic heterocycles. The predicted octanol–water partition coefficient (Wildman–Crippen LogP) is -7.60. The van der Waals surface area contributed by atoms with E-state index in [1.165, 1.54) is 54.6 Å². The fourth-order valence-electron chi connectivity index (χ4n) is 4.06. The smallest absolute Gasteiger partial charge is 0.858 e. The molecule has 0 bridgehead atoms. The second-order valence-electron chi connectivity index (χ2n) is 9.21. The molecule has 1 amide bonds. The summed E-state index contributed by atoms with van der Waals surface area (Å²) in [7, 11) is -9.48. The Morgan fingerprint density at radius 2 is 1.28 bits per heavy atom. The molecular formula is C29H23N4Na3O12S2. The first-order valence-electron chi connectivity index (χ1n) is 13.4. The van der Waals surface area contributed by atoms with E-state index in [0.29, 0.717) is 0 Å². The summed E-state index contributed by atoms with van der Waals surface area (Å²) in [4.78, 5) is 37.2. The summed E-state index contributed by atoms with van der Waals surface area (Å²) in [6, 6.07) is 8.60. The summed E-state index contributed by atoms with van der Waals surface area (Å²) in [5, 5.41) is 22.0. The van der Waals surface area contributed by atoms with Crippen molar-refractivity contribution >= 4 is 55.6 Å². The first-order chi connectivity index (χ1) is 22.2. The van der Waals surface area contributed by atoms with Crippen LogP contribution in [-0.4, -0.2) is 72.5 Å². The largest absolute Gasteiger partial charge is 1.00 e. The van der Waals surface area contributed by atoms with Crippen LogP contribution in [0.25, 0.3) is 11.8 Å². The molecule has 0 fully saturated rings. The van der Waals surface area contributed by atoms with E-state index < -0.39 is 53.8 Å². The number of ether oxygens (including phenoxy) is 2. The van der Waals surface area contributed by atoms with E-state index in [1.807, 2.05) is 0 Å². The summed E-state index contributed by atoms with van der Waals surface area (Å²) >= 11 is 0. The number of carbonyl (C=O) groups excluding carboxylic acids is 3. The van der Waals surface area contributed by atoms with Crippen LogP contribution in [0.5, 0.6) is 5.88 Å². The molecule has 0 saturated carbocycles. The van der Waals surface area contributed by atoms with Crippen molar-refractivity contribution in [2.45, 2.75) is 23.6 Å². The van der Waals surface area contributed by atoms with Crippen molar-refractivity contribution in [1.29, 1.82) is 0 Å². The van der Waals surface area contributed by atoms with Gasteiger partial charge in [-0.05, 0) is 74.3 Å². The second-order valence-corrected chi connectivity index (χ2v) is 12.0. The van der Waals surface area contributed by atoms with Crippen LogP contribution in [-0.2, 0) is 39.3 Å². The maximum atomic E-state index is 13.2. The zero-order valence-electron chi connectivity index (χ0n) is 27.4. The maximum absolute atomic E-state index is 13.2. The summed E-state index contributed by atoms with van der Waals surface area (Å²) < 4.78 is 78.3. The number of amides is 1. The first kappa shape index (κ1) is 45.6. The third kappa shape index (κ3) is 10.8. The number of rotatable bonds is 11. The van der Waals surface area contributed by atoms with E-state index in [-0.39, 0.29) is 136 Å². The SMILES string of the molecule is CCOC(=O)C1=NN(c2ccc(S(=O)(=O)[O-])cc2)C(=O)\C1=C/C=C/C=C/c1c(C(=O)OCC)nn(-c2ccc(S(=O)(=O)[O-])cc2)c1[O-].[Na+].[Na+].[Na+]. The summed E-state index contributed by atoms with van der Waals surface area (Å²) in [6.07, 6.45) is 6.49. The molecule has 1 aliphatic rings. The first-order valence-corrected chi connectivity index (χ1v) is 16.2. The zero-order valence-corrected chi connectivity index (χ0v) is 35.1. The van der Waals surface area contributed by atoms with Gasteiger partial charge in [0.25, 0.3) is 5.91 Å². The van der Waals surface area contributed by atoms with Crippen LogP contribution >= 0.6 is 0 Å². The standard InChI is InChI=1S/C29H26N4O12S2.3Na/c1-3-44-28(36)24-22(26(34)32(30-24)18-10-14-20(15-11-18)46(38,39)40)8-6-5-7-9-23-25(29(37)45-4-2)31-33(27(23)35)19-12-16-21(17-13-19)47(41,42)43;;;/h5-17,34H,3-4H2,1-2H3,(H,38,39,40)(H,41,42,43);;;/q;3*+1/p-3/b7-5+,8-6+,23-9-;;;. The van der Waals surface area contributed by atoms with Gasteiger partial charge in [0.05, 0.1) is 40.0 Å². The fourth-order valence-corrected chi connectivity index (χ4v) is 4.99. The van der Waals surface area contributed by atoms with Gasteiger partial charge >= 0.3 is 101 Å². The molecule has 4 rings (SSSR count). The number of aromatic nitrogens is 2. The van der Waals surface area contributed by atoms with Crippen LogP contribution in [0, 0.1) is 0 Å². The van der Waals surface area contributed by atoms with Crippen LogP contribution in [0.15, 0.2) is 93.3 Å². The van der Waals surface area contributed by atoms with Gasteiger partial charge in [-0.15, -0.1) is 0 Å². The summed E-state index contributed by atoms with van der Waals surface area (Å²) in [6.45, 7) is 3.05. The van der Waals surface area contributed by atoms with Crippen LogP contribution in [0.4, 0.5) is 5.69 Å². The minimum atomic E-state index is -4.74. The Morgan fingerprint density at radius 1 is 0.780 bits per heavy atom. The molecule has 0 N–H and O–H groups in total. The minimum Gasteiger partial charge on any atom is -0.858 e. The van der Waals surface area contributed by atoms with Gasteiger partial charge < -0.3 is 23.7 Å². The molecule has 21 heteroatoms. The molecule has 0 radical (unpaired) electrons. The molecule has 3 aromatic rings. The van der Waals surface area contributed by atoms with Gasteiger partial charge in [0.15, 0.2) is 11.4 Å². The van der Waals surface area contributed by atoms with Gasteiger partial charge in [-0.2, -0.15) is 15.2 Å². The van der Waals surface area contributed by atoms with Gasteiger partial charge in [0.1, 0.15) is 20.2 Å². The Balaban J connectivity index is 0.00000417. The van der Waals surface area contributed by atoms with Gasteiger partial charge in [0.2, 0.25) is 0 Å². The van der Waals surface area contributed by atoms with Crippen molar-refractivity contribution in [3.8, 4) is 11.6 Å². The molecular weight excluding hydrogens is 729 g/mol. The van der Waals surface area contributed by atoms with E-state index in [4.69, 9.17) is 9.47 Å².